The zero-order valence-corrected chi connectivity index (χ0v) is 31.9. The number of benzene rings is 1. The quantitative estimate of drug-likeness (QED) is 0.257. The predicted molar refractivity (Wildman–Crippen MR) is 179 cm³/mol. The summed E-state index contributed by atoms with van der Waals surface area (Å²) in [6.07, 6.45) is 0. The van der Waals surface area contributed by atoms with Crippen molar-refractivity contribution < 1.29 is 12.3 Å². The molecule has 4 aromatic rings. The van der Waals surface area contributed by atoms with Crippen molar-refractivity contribution in [2.45, 2.75) is 78.6 Å². The smallest absolute Gasteiger partial charge is 0.217 e. The summed E-state index contributed by atoms with van der Waals surface area (Å²) in [6, 6.07) is 0. The molecule has 36 heavy (non-hydrogen) atoms. The van der Waals surface area contributed by atoms with Crippen molar-refractivity contribution in [1.82, 2.24) is 0 Å². The van der Waals surface area contributed by atoms with E-state index in [1.807, 2.05) is 0 Å². The summed E-state index contributed by atoms with van der Waals surface area (Å²) in [7, 11) is -12.6. The lowest BCUT2D eigenvalue weighted by Gasteiger charge is -2.34. The zero-order chi connectivity index (χ0) is 26.2. The predicted octanol–water partition coefficient (Wildman–Crippen LogP) is 4.89. The van der Waals surface area contributed by atoms with Crippen molar-refractivity contribution in [2.24, 2.45) is 0 Å². The van der Waals surface area contributed by atoms with Crippen LogP contribution in [0.25, 0.3) is 32.3 Å². The summed E-state index contributed by atoms with van der Waals surface area (Å²) in [5.41, 5.74) is 0. The van der Waals surface area contributed by atoms with Gasteiger partial charge in [-0.25, -0.2) is 0 Å². The molecule has 0 saturated heterocycles. The molecule has 12 heteroatoms. The van der Waals surface area contributed by atoms with E-state index in [9.17, 15) is 0 Å². The molecule has 0 unspecified atom stereocenters. The second kappa shape index (κ2) is 6.77. The van der Waals surface area contributed by atoms with Crippen LogP contribution in [0.3, 0.4) is 0 Å². The second-order valence-corrected chi connectivity index (χ2v) is 42.7. The van der Waals surface area contributed by atoms with Crippen molar-refractivity contribution in [3.63, 3.8) is 0 Å². The summed E-state index contributed by atoms with van der Waals surface area (Å²) in [4.78, 5) is 0. The maximum absolute atomic E-state index is 7.35. The maximum atomic E-state index is 7.35. The van der Waals surface area contributed by atoms with E-state index in [-0.39, 0.29) is 0 Å². The van der Waals surface area contributed by atoms with Gasteiger partial charge in [0, 0.05) is 59.3 Å². The van der Waals surface area contributed by atoms with Crippen molar-refractivity contribution in [2.75, 3.05) is 0 Å². The fourth-order valence-corrected chi connectivity index (χ4v) is 43.5. The molecule has 0 fully saturated rings. The van der Waals surface area contributed by atoms with E-state index in [1.54, 1.807) is 59.3 Å². The molecule has 6 heterocycles. The molecule has 3 aliphatic rings. The third-order valence-corrected chi connectivity index (χ3v) is 41.7. The molecule has 3 aliphatic heterocycles. The second-order valence-electron chi connectivity index (χ2n) is 13.9. The monoisotopic (exact) mass is 636 g/mol. The van der Waals surface area contributed by atoms with Crippen LogP contribution in [0.4, 0.5) is 0 Å². The van der Waals surface area contributed by atoms with Crippen LogP contribution in [0.5, 0.6) is 0 Å². The van der Waals surface area contributed by atoms with Crippen LogP contribution >= 0.6 is 34.0 Å². The van der Waals surface area contributed by atoms with E-state index in [4.69, 9.17) is 12.3 Å². The van der Waals surface area contributed by atoms with E-state index in [0.717, 1.165) is 0 Å². The maximum Gasteiger partial charge on any atom is 0.217 e. The molecule has 3 nitrogen and oxygen atoms in total. The molecule has 0 radical (unpaired) electrons. The Balaban J connectivity index is 1.91. The van der Waals surface area contributed by atoms with Gasteiger partial charge >= 0.3 is 0 Å². The number of rotatable bonds is 0. The molecule has 1 aromatic carbocycles. The molecule has 7 rings (SSSR count). The van der Waals surface area contributed by atoms with Crippen LogP contribution in [0.2, 0.25) is 78.6 Å². The van der Waals surface area contributed by atoms with Gasteiger partial charge in [0.05, 0.1) is 0 Å². The Morgan fingerprint density at radius 2 is 0.444 bits per heavy atom. The van der Waals surface area contributed by atoms with E-state index >= 15 is 0 Å². The summed E-state index contributed by atoms with van der Waals surface area (Å²) in [5.74, 6) is 0. The van der Waals surface area contributed by atoms with Gasteiger partial charge in [-0.15, -0.1) is 34.0 Å². The molecule has 0 bridgehead atoms. The largest absolute Gasteiger partial charge is 0.448 e. The Morgan fingerprint density at radius 3 is 0.583 bits per heavy atom. The lowest BCUT2D eigenvalue weighted by molar-refractivity contribution is 0.576. The van der Waals surface area contributed by atoms with Gasteiger partial charge < -0.3 is 12.3 Å². The molecule has 3 aromatic heterocycles. The zero-order valence-electron chi connectivity index (χ0n) is 23.4. The van der Waals surface area contributed by atoms with Crippen molar-refractivity contribution >= 4 is 143 Å². The Kier molecular flexibility index (Phi) is 4.75. The van der Waals surface area contributed by atoms with Crippen molar-refractivity contribution in [3.05, 3.63) is 0 Å². The standard InChI is InChI=1S/C24H36O3S3Si6/c1-31(2)19-13-14-16-18-17-15(13)21(32(3,4)25-31)29-22(17)34(7,8)27-36(11,12)24(18)30-23(16)35(9,10)26-33(5,6)20(14)28-19/h1-12H3. The topological polar surface area (TPSA) is 27.7 Å². The third kappa shape index (κ3) is 2.91. The van der Waals surface area contributed by atoms with Gasteiger partial charge in [0.25, 0.3) is 0 Å². The van der Waals surface area contributed by atoms with Crippen molar-refractivity contribution in [3.8, 4) is 0 Å². The average molecular weight is 637 g/mol. The van der Waals surface area contributed by atoms with Gasteiger partial charge in [0.2, 0.25) is 49.9 Å². The van der Waals surface area contributed by atoms with Crippen molar-refractivity contribution in [1.29, 1.82) is 0 Å². The Bertz CT molecular complexity index is 1350. The molecule has 0 amide bonds. The molecule has 0 spiro atoms. The van der Waals surface area contributed by atoms with Gasteiger partial charge in [0.15, 0.2) is 0 Å². The molecule has 0 aliphatic carbocycles. The minimum Gasteiger partial charge on any atom is -0.448 e. The van der Waals surface area contributed by atoms with E-state index in [0.29, 0.717) is 0 Å². The first-order valence-corrected chi connectivity index (χ1v) is 32.8. The highest BCUT2D eigenvalue weighted by Crippen LogP contribution is 2.46. The molecular weight excluding hydrogens is 601 g/mol. The van der Waals surface area contributed by atoms with Gasteiger partial charge in [0.1, 0.15) is 0 Å². The van der Waals surface area contributed by atoms with Crippen LogP contribution in [0, 0.1) is 0 Å². The molecule has 0 atom stereocenters. The molecular formula is C24H36O3S3Si6. The summed E-state index contributed by atoms with van der Waals surface area (Å²) in [6.45, 7) is 29.5. The minimum atomic E-state index is -2.10. The van der Waals surface area contributed by atoms with Crippen LogP contribution in [-0.2, 0) is 12.3 Å². The van der Waals surface area contributed by atoms with Crippen LogP contribution < -0.4 is 27.0 Å². The first kappa shape index (κ1) is 25.3. The lowest BCUT2D eigenvalue weighted by atomic mass is 10.0. The van der Waals surface area contributed by atoms with E-state index < -0.39 is 49.9 Å². The van der Waals surface area contributed by atoms with Gasteiger partial charge in [-0.3, -0.25) is 0 Å². The summed E-state index contributed by atoms with van der Waals surface area (Å²) in [5, 5.41) is 9.49. The number of hydrogen-bond donors (Lipinski definition) is 0. The Labute approximate surface area is 232 Å². The highest BCUT2D eigenvalue weighted by Gasteiger charge is 2.53. The Morgan fingerprint density at radius 1 is 0.306 bits per heavy atom. The first-order chi connectivity index (χ1) is 16.3. The van der Waals surface area contributed by atoms with Gasteiger partial charge in [-0.1, -0.05) is 0 Å². The number of hydrogen-bond acceptors (Lipinski definition) is 6. The Hall–Kier alpha value is 0.281. The van der Waals surface area contributed by atoms with Gasteiger partial charge in [-0.05, 0) is 78.6 Å². The molecule has 192 valence electrons. The normalized spacial score (nSPS) is 25.7. The highest BCUT2D eigenvalue weighted by atomic mass is 32.1. The van der Waals surface area contributed by atoms with Crippen LogP contribution in [0.1, 0.15) is 0 Å². The fraction of sp³-hybridized carbons (Fsp3) is 0.500. The molecule has 0 saturated carbocycles. The highest BCUT2D eigenvalue weighted by molar-refractivity contribution is 7.44. The fourth-order valence-electron chi connectivity index (χ4n) is 7.46. The van der Waals surface area contributed by atoms with E-state index in [1.165, 1.54) is 0 Å². The lowest BCUT2D eigenvalue weighted by Crippen LogP contribution is -2.57. The molecule has 0 N–H and O–H groups in total. The van der Waals surface area contributed by atoms with Gasteiger partial charge in [-0.2, -0.15) is 0 Å². The first-order valence-electron chi connectivity index (χ1n) is 12.9. The van der Waals surface area contributed by atoms with E-state index in [2.05, 4.69) is 113 Å². The van der Waals surface area contributed by atoms with Crippen LogP contribution in [0.15, 0.2) is 0 Å². The van der Waals surface area contributed by atoms with Crippen LogP contribution in [-0.4, -0.2) is 49.9 Å². The summed E-state index contributed by atoms with van der Waals surface area (Å²) >= 11 is 6.29. The summed E-state index contributed by atoms with van der Waals surface area (Å²) < 4.78 is 31.5. The SMILES string of the molecule is C[Si]1(C)O[Si](C)(C)c2sc3c4c2c2c1sc1c2c2c(sc(c42)[Si](C)(C)O[Si]3(C)C)[Si](C)(C)O[Si]1(C)C. The minimum absolute atomic E-state index is 1.57. The number of thiophene rings is 3. The third-order valence-electron chi connectivity index (χ3n) is 8.29. The average Bonchev–Trinajstić information content (AvgIpc) is 3.33.